The van der Waals surface area contributed by atoms with E-state index in [1.165, 1.54) is 18.5 Å². The van der Waals surface area contributed by atoms with Crippen LogP contribution in [0.5, 0.6) is 0 Å². The molecule has 0 bridgehead atoms. The Morgan fingerprint density at radius 1 is 0.976 bits per heavy atom. The van der Waals surface area contributed by atoms with Crippen LogP contribution in [0.3, 0.4) is 0 Å². The molecule has 0 radical (unpaired) electrons. The SMILES string of the molecule is C[C@@]12[C@@H](OC(=O)c3cccnc3)[C@H](OC(=O)c3ccccc3)[C@](C)(O)[C@](C)(/C=C/C3=CC(=O)OC3)[C@H]1CC=C[C@]2(C)O. The zero-order chi connectivity index (χ0) is 30.3. The van der Waals surface area contributed by atoms with Crippen LogP contribution in [-0.4, -0.2) is 63.1 Å². The van der Waals surface area contributed by atoms with Crippen molar-refractivity contribution in [1.29, 1.82) is 0 Å². The van der Waals surface area contributed by atoms with Crippen molar-refractivity contribution >= 4 is 17.9 Å². The number of benzene rings is 1. The normalized spacial score (nSPS) is 35.7. The molecule has 1 saturated carbocycles. The number of aromatic nitrogens is 1. The molecule has 0 saturated heterocycles. The van der Waals surface area contributed by atoms with Crippen molar-refractivity contribution in [2.75, 3.05) is 6.61 Å². The molecule has 2 aliphatic carbocycles. The van der Waals surface area contributed by atoms with Crippen molar-refractivity contribution in [3.8, 4) is 0 Å². The minimum absolute atomic E-state index is 0.0882. The Balaban J connectivity index is 1.67. The van der Waals surface area contributed by atoms with E-state index in [4.69, 9.17) is 14.2 Å². The van der Waals surface area contributed by atoms with Crippen LogP contribution in [0.1, 0.15) is 54.8 Å². The molecule has 2 aromatic rings. The first kappa shape index (κ1) is 29.4. The van der Waals surface area contributed by atoms with Gasteiger partial charge in [0, 0.05) is 29.3 Å². The monoisotopic (exact) mass is 573 g/mol. The van der Waals surface area contributed by atoms with Gasteiger partial charge in [-0.3, -0.25) is 4.98 Å². The second-order valence-corrected chi connectivity index (χ2v) is 12.0. The van der Waals surface area contributed by atoms with Gasteiger partial charge < -0.3 is 24.4 Å². The third kappa shape index (κ3) is 4.76. The Hall–Kier alpha value is -4.08. The molecule has 0 amide bonds. The van der Waals surface area contributed by atoms with E-state index in [0.717, 1.165) is 0 Å². The fraction of sp³-hybridized carbons (Fsp3) is 0.394. The zero-order valence-electron chi connectivity index (χ0n) is 24.0. The van der Waals surface area contributed by atoms with E-state index in [-0.39, 0.29) is 17.7 Å². The van der Waals surface area contributed by atoms with Gasteiger partial charge in [0.25, 0.3) is 0 Å². The highest BCUT2D eigenvalue weighted by atomic mass is 16.6. The van der Waals surface area contributed by atoms with Gasteiger partial charge in [0.1, 0.15) is 12.2 Å². The number of nitrogens with zero attached hydrogens (tertiary/aromatic N) is 1. The topological polar surface area (TPSA) is 132 Å². The summed E-state index contributed by atoms with van der Waals surface area (Å²) in [4.78, 5) is 42.7. The van der Waals surface area contributed by atoms with Crippen molar-refractivity contribution in [2.45, 2.75) is 57.5 Å². The number of hydrogen-bond donors (Lipinski definition) is 2. The Morgan fingerprint density at radius 2 is 1.64 bits per heavy atom. The number of fused-ring (bicyclic) bond motifs is 1. The van der Waals surface area contributed by atoms with Gasteiger partial charge in [0.2, 0.25) is 0 Å². The maximum absolute atomic E-state index is 13.5. The first-order valence-electron chi connectivity index (χ1n) is 13.9. The number of aliphatic hydroxyl groups is 2. The minimum atomic E-state index is -1.83. The van der Waals surface area contributed by atoms with Crippen LogP contribution in [0.2, 0.25) is 0 Å². The van der Waals surface area contributed by atoms with Crippen molar-refractivity contribution in [2.24, 2.45) is 16.7 Å². The average molecular weight is 574 g/mol. The van der Waals surface area contributed by atoms with E-state index in [1.54, 1.807) is 81.5 Å². The van der Waals surface area contributed by atoms with Gasteiger partial charge in [-0.1, -0.05) is 56.4 Å². The summed E-state index contributed by atoms with van der Waals surface area (Å²) in [7, 11) is 0. The van der Waals surface area contributed by atoms with Crippen LogP contribution in [0.15, 0.2) is 90.8 Å². The van der Waals surface area contributed by atoms with E-state index in [1.807, 2.05) is 13.0 Å². The fourth-order valence-electron chi connectivity index (χ4n) is 6.67. The number of rotatable bonds is 6. The number of carbonyl (C=O) groups excluding carboxylic acids is 3. The lowest BCUT2D eigenvalue weighted by Crippen LogP contribution is -2.76. The predicted molar refractivity (Wildman–Crippen MR) is 152 cm³/mol. The van der Waals surface area contributed by atoms with Crippen LogP contribution in [0.25, 0.3) is 0 Å². The first-order chi connectivity index (χ1) is 19.8. The van der Waals surface area contributed by atoms with Crippen molar-refractivity contribution in [3.63, 3.8) is 0 Å². The molecule has 0 spiro atoms. The highest BCUT2D eigenvalue weighted by Crippen LogP contribution is 2.64. The summed E-state index contributed by atoms with van der Waals surface area (Å²) in [6, 6.07) is 11.5. The Kier molecular flexibility index (Phi) is 7.45. The largest absolute Gasteiger partial charge is 0.458 e. The molecule has 5 rings (SSSR count). The molecule has 9 heteroatoms. The third-order valence-electron chi connectivity index (χ3n) is 9.57. The molecule has 9 nitrogen and oxygen atoms in total. The second-order valence-electron chi connectivity index (χ2n) is 12.0. The number of carbonyl (C=O) groups is 3. The number of cyclic esters (lactones) is 1. The molecule has 1 aromatic carbocycles. The molecule has 42 heavy (non-hydrogen) atoms. The smallest absolute Gasteiger partial charge is 0.340 e. The Labute approximate surface area is 244 Å². The van der Waals surface area contributed by atoms with Gasteiger partial charge in [-0.2, -0.15) is 0 Å². The van der Waals surface area contributed by atoms with E-state index in [2.05, 4.69) is 4.98 Å². The summed E-state index contributed by atoms with van der Waals surface area (Å²) in [5, 5.41) is 24.5. The number of pyridine rings is 1. The van der Waals surface area contributed by atoms with Crippen LogP contribution in [-0.2, 0) is 19.0 Å². The van der Waals surface area contributed by atoms with E-state index in [0.29, 0.717) is 12.0 Å². The molecule has 2 heterocycles. The van der Waals surface area contributed by atoms with E-state index in [9.17, 15) is 24.6 Å². The first-order valence-corrected chi connectivity index (χ1v) is 13.9. The van der Waals surface area contributed by atoms with E-state index >= 15 is 0 Å². The Bertz CT molecular complexity index is 1460. The molecule has 2 N–H and O–H groups in total. The van der Waals surface area contributed by atoms with Crippen molar-refractivity contribution in [1.82, 2.24) is 4.98 Å². The quantitative estimate of drug-likeness (QED) is 0.299. The lowest BCUT2D eigenvalue weighted by molar-refractivity contribution is -0.287. The molecular formula is C33H35NO8. The molecule has 3 aliphatic rings. The van der Waals surface area contributed by atoms with Crippen LogP contribution in [0, 0.1) is 16.7 Å². The van der Waals surface area contributed by atoms with E-state index < -0.39 is 58.1 Å². The third-order valence-corrected chi connectivity index (χ3v) is 9.57. The second kappa shape index (κ2) is 10.6. The van der Waals surface area contributed by atoms with Gasteiger partial charge in [0.15, 0.2) is 12.2 Å². The zero-order valence-corrected chi connectivity index (χ0v) is 24.0. The maximum Gasteiger partial charge on any atom is 0.340 e. The number of ether oxygens (including phenoxy) is 3. The van der Waals surface area contributed by atoms with Crippen molar-refractivity contribution in [3.05, 3.63) is 102 Å². The number of allylic oxidation sites excluding steroid dienone is 1. The van der Waals surface area contributed by atoms with Crippen LogP contribution >= 0.6 is 0 Å². The predicted octanol–water partition coefficient (Wildman–Crippen LogP) is 3.98. The minimum Gasteiger partial charge on any atom is -0.458 e. The van der Waals surface area contributed by atoms with Gasteiger partial charge in [0.05, 0.1) is 16.7 Å². The summed E-state index contributed by atoms with van der Waals surface area (Å²) in [6.07, 6.45) is 8.96. The fourth-order valence-corrected chi connectivity index (χ4v) is 6.67. The number of hydrogen-bond acceptors (Lipinski definition) is 9. The molecule has 220 valence electrons. The van der Waals surface area contributed by atoms with Gasteiger partial charge in [-0.25, -0.2) is 14.4 Å². The standard InChI is InChI=1S/C33H35NO8/c1-30(16-14-21-18-25(35)40-20-21)24-13-8-15-31(2,38)32(24,3)26(41-29(37)23-12-9-17-34-19-23)27(33(30,4)39)42-28(36)22-10-6-5-7-11-22/h5-12,14-19,24,26-27,38-39H,13,20H2,1-4H3/b16-14+/t24-,26+,27+,30-,31+,32+,33+/m1/s1. The lowest BCUT2D eigenvalue weighted by Gasteiger charge is -2.66. The summed E-state index contributed by atoms with van der Waals surface area (Å²) in [5.74, 6) is -2.44. The molecule has 0 unspecified atom stereocenters. The van der Waals surface area contributed by atoms with Gasteiger partial charge in [-0.15, -0.1) is 0 Å². The molecule has 1 aromatic heterocycles. The maximum atomic E-state index is 13.5. The molecular weight excluding hydrogens is 538 g/mol. The van der Waals surface area contributed by atoms with Gasteiger partial charge >= 0.3 is 17.9 Å². The van der Waals surface area contributed by atoms with Gasteiger partial charge in [-0.05, 0) is 56.0 Å². The molecule has 1 aliphatic heterocycles. The highest BCUT2D eigenvalue weighted by Gasteiger charge is 2.73. The highest BCUT2D eigenvalue weighted by molar-refractivity contribution is 5.90. The number of esters is 3. The molecule has 1 fully saturated rings. The van der Waals surface area contributed by atoms with Crippen LogP contribution in [0.4, 0.5) is 0 Å². The Morgan fingerprint density at radius 3 is 2.29 bits per heavy atom. The molecule has 7 atom stereocenters. The summed E-state index contributed by atoms with van der Waals surface area (Å²) >= 11 is 0. The van der Waals surface area contributed by atoms with Crippen LogP contribution < -0.4 is 0 Å². The average Bonchev–Trinajstić information content (AvgIpc) is 3.39. The summed E-state index contributed by atoms with van der Waals surface area (Å²) in [6.45, 7) is 6.86. The lowest BCUT2D eigenvalue weighted by atomic mass is 9.42. The summed E-state index contributed by atoms with van der Waals surface area (Å²) < 4.78 is 17.3. The summed E-state index contributed by atoms with van der Waals surface area (Å²) in [5.41, 5.74) is -4.78. The van der Waals surface area contributed by atoms with Crippen molar-refractivity contribution < 1.29 is 38.8 Å².